The van der Waals surface area contributed by atoms with Crippen molar-refractivity contribution in [3.8, 4) is 0 Å². The van der Waals surface area contributed by atoms with E-state index in [0.717, 1.165) is 61.1 Å². The molecule has 1 fully saturated rings. The van der Waals surface area contributed by atoms with Gasteiger partial charge in [-0.1, -0.05) is 24.3 Å². The molecule has 30 heavy (non-hydrogen) atoms. The van der Waals surface area contributed by atoms with Crippen molar-refractivity contribution in [3.05, 3.63) is 64.2 Å². The fraction of sp³-hybridized carbons (Fsp3) is 0.440. The van der Waals surface area contributed by atoms with E-state index in [4.69, 9.17) is 10.1 Å². The van der Waals surface area contributed by atoms with Crippen LogP contribution >= 0.6 is 11.3 Å². The molecule has 3 aromatic rings. The summed E-state index contributed by atoms with van der Waals surface area (Å²) in [5.74, 6) is 1.09. The van der Waals surface area contributed by atoms with Gasteiger partial charge in [-0.05, 0) is 74.0 Å². The molecule has 5 heteroatoms. The maximum Gasteiger partial charge on any atom is 0.163 e. The van der Waals surface area contributed by atoms with E-state index in [1.54, 1.807) is 11.3 Å². The van der Waals surface area contributed by atoms with E-state index in [-0.39, 0.29) is 12.4 Å². The Balaban J connectivity index is 1.29. The van der Waals surface area contributed by atoms with Crippen LogP contribution in [0.25, 0.3) is 10.2 Å². The highest BCUT2D eigenvalue weighted by atomic mass is 32.1. The summed E-state index contributed by atoms with van der Waals surface area (Å²) in [5.41, 5.74) is 4.60. The van der Waals surface area contributed by atoms with Gasteiger partial charge in [0.25, 0.3) is 0 Å². The average molecular weight is 421 g/mol. The summed E-state index contributed by atoms with van der Waals surface area (Å²) >= 11 is 1.75. The largest absolute Gasteiger partial charge is 0.395 e. The molecule has 1 aromatic heterocycles. The van der Waals surface area contributed by atoms with Crippen LogP contribution in [0, 0.1) is 0 Å². The number of aryl methyl sites for hydroxylation is 1. The van der Waals surface area contributed by atoms with E-state index in [2.05, 4.69) is 35.2 Å². The van der Waals surface area contributed by atoms with Gasteiger partial charge < -0.3 is 10.0 Å². The Morgan fingerprint density at radius 3 is 2.80 bits per heavy atom. The lowest BCUT2D eigenvalue weighted by atomic mass is 9.93. The highest BCUT2D eigenvalue weighted by Gasteiger charge is 2.26. The second-order valence-corrected chi connectivity index (χ2v) is 9.70. The predicted molar refractivity (Wildman–Crippen MR) is 122 cm³/mol. The zero-order valence-corrected chi connectivity index (χ0v) is 18.0. The number of aliphatic hydroxyl groups is 1. The standard InChI is InChI=1S/C25H28N2O2S/c28-14-13-27-11-9-18(10-12-27)25-26-22-8-7-20(16-24(22)30-25)23(29)15-19-6-5-17-3-1-2-4-21(17)19/h1-4,7-8,16,18-19,28H,5-6,9-15H2/t19-/m1/s1. The first-order valence-corrected chi connectivity index (χ1v) is 11.9. The van der Waals surface area contributed by atoms with Gasteiger partial charge >= 0.3 is 0 Å². The number of thiazole rings is 1. The number of nitrogens with zero attached hydrogens (tertiary/aromatic N) is 2. The molecule has 0 amide bonds. The molecule has 4 nitrogen and oxygen atoms in total. The van der Waals surface area contributed by atoms with Gasteiger partial charge in [-0.3, -0.25) is 4.79 Å². The summed E-state index contributed by atoms with van der Waals surface area (Å²) in [4.78, 5) is 20.2. The van der Waals surface area contributed by atoms with Crippen LogP contribution in [-0.4, -0.2) is 47.0 Å². The first-order valence-electron chi connectivity index (χ1n) is 11.1. The minimum absolute atomic E-state index is 0.231. The number of aromatic nitrogens is 1. The number of likely N-dealkylation sites (tertiary alicyclic amines) is 1. The number of carbonyl (C=O) groups is 1. The molecule has 1 aliphatic heterocycles. The Kier molecular flexibility index (Phi) is 5.68. The maximum atomic E-state index is 13.0. The number of benzene rings is 2. The molecule has 2 heterocycles. The summed E-state index contributed by atoms with van der Waals surface area (Å²) in [7, 11) is 0. The highest BCUT2D eigenvalue weighted by molar-refractivity contribution is 7.18. The number of Topliss-reactive ketones (excluding diaryl/α,β-unsaturated/α-hetero) is 1. The van der Waals surface area contributed by atoms with Crippen molar-refractivity contribution in [2.75, 3.05) is 26.2 Å². The first-order chi connectivity index (χ1) is 14.7. The fourth-order valence-corrected chi connectivity index (χ4v) is 6.21. The summed E-state index contributed by atoms with van der Waals surface area (Å²) in [6.45, 7) is 3.04. The van der Waals surface area contributed by atoms with Crippen molar-refractivity contribution in [2.45, 2.75) is 43.9 Å². The normalized spacial score (nSPS) is 20.0. The van der Waals surface area contributed by atoms with Crippen LogP contribution < -0.4 is 0 Å². The lowest BCUT2D eigenvalue weighted by Crippen LogP contribution is -2.34. The third-order valence-electron chi connectivity index (χ3n) is 6.77. The van der Waals surface area contributed by atoms with Gasteiger partial charge in [0, 0.05) is 24.4 Å². The molecule has 1 aliphatic carbocycles. The van der Waals surface area contributed by atoms with Crippen LogP contribution in [0.4, 0.5) is 0 Å². The molecule has 156 valence electrons. The van der Waals surface area contributed by atoms with Gasteiger partial charge in [0.05, 0.1) is 21.8 Å². The van der Waals surface area contributed by atoms with E-state index in [0.29, 0.717) is 18.3 Å². The number of carbonyl (C=O) groups excluding carboxylic acids is 1. The molecule has 5 rings (SSSR count). The number of fused-ring (bicyclic) bond motifs is 2. The molecular formula is C25H28N2O2S. The van der Waals surface area contributed by atoms with Crippen LogP contribution in [0.3, 0.4) is 0 Å². The van der Waals surface area contributed by atoms with Crippen molar-refractivity contribution in [1.29, 1.82) is 0 Å². The summed E-state index contributed by atoms with van der Waals surface area (Å²) in [6, 6.07) is 14.6. The minimum Gasteiger partial charge on any atom is -0.395 e. The van der Waals surface area contributed by atoms with Gasteiger partial charge in [0.15, 0.2) is 5.78 Å². The lowest BCUT2D eigenvalue weighted by molar-refractivity contribution is 0.0973. The van der Waals surface area contributed by atoms with Crippen molar-refractivity contribution in [1.82, 2.24) is 9.88 Å². The Bertz CT molecular complexity index is 1050. The number of ketones is 1. The molecule has 0 bridgehead atoms. The van der Waals surface area contributed by atoms with Crippen LogP contribution in [-0.2, 0) is 6.42 Å². The Labute approximate surface area is 181 Å². The number of hydrogen-bond donors (Lipinski definition) is 1. The summed E-state index contributed by atoms with van der Waals surface area (Å²) < 4.78 is 1.13. The van der Waals surface area contributed by atoms with Crippen LogP contribution in [0.15, 0.2) is 42.5 Å². The second kappa shape index (κ2) is 8.58. The van der Waals surface area contributed by atoms with Crippen molar-refractivity contribution in [3.63, 3.8) is 0 Å². The summed E-state index contributed by atoms with van der Waals surface area (Å²) in [6.07, 6.45) is 4.94. The third kappa shape index (κ3) is 3.94. The van der Waals surface area contributed by atoms with E-state index in [1.807, 2.05) is 12.1 Å². The van der Waals surface area contributed by atoms with Crippen LogP contribution in [0.2, 0.25) is 0 Å². The van der Waals surface area contributed by atoms with Gasteiger partial charge in [0.2, 0.25) is 0 Å². The van der Waals surface area contributed by atoms with Crippen molar-refractivity contribution < 1.29 is 9.90 Å². The quantitative estimate of drug-likeness (QED) is 0.584. The first kappa shape index (κ1) is 19.9. The molecule has 1 N–H and O–H groups in total. The molecule has 1 atom stereocenters. The molecular weight excluding hydrogens is 392 g/mol. The molecule has 1 saturated heterocycles. The Morgan fingerprint density at radius 1 is 1.13 bits per heavy atom. The molecule has 2 aromatic carbocycles. The summed E-state index contributed by atoms with van der Waals surface area (Å²) in [5, 5.41) is 10.3. The average Bonchev–Trinajstić information content (AvgIpc) is 3.38. The van der Waals surface area contributed by atoms with Gasteiger partial charge in [-0.2, -0.15) is 0 Å². The second-order valence-electron chi connectivity index (χ2n) is 8.64. The Hall–Kier alpha value is -2.08. The lowest BCUT2D eigenvalue weighted by Gasteiger charge is -2.30. The Morgan fingerprint density at radius 2 is 1.97 bits per heavy atom. The van der Waals surface area contributed by atoms with E-state index in [9.17, 15) is 4.79 Å². The third-order valence-corrected chi connectivity index (χ3v) is 7.95. The molecule has 0 unspecified atom stereocenters. The number of β-amino-alcohol motifs (C(OH)–C–C–N with tert-alkyl or cyclic N) is 1. The maximum absolute atomic E-state index is 13.0. The number of aliphatic hydroxyl groups excluding tert-OH is 1. The molecule has 0 radical (unpaired) electrons. The highest BCUT2D eigenvalue weighted by Crippen LogP contribution is 2.37. The van der Waals surface area contributed by atoms with Crippen LogP contribution in [0.1, 0.15) is 64.0 Å². The topological polar surface area (TPSA) is 53.4 Å². The van der Waals surface area contributed by atoms with E-state index < -0.39 is 0 Å². The van der Waals surface area contributed by atoms with E-state index >= 15 is 0 Å². The van der Waals surface area contributed by atoms with Gasteiger partial charge in [-0.15, -0.1) is 11.3 Å². The zero-order chi connectivity index (χ0) is 20.5. The van der Waals surface area contributed by atoms with E-state index in [1.165, 1.54) is 16.1 Å². The zero-order valence-electron chi connectivity index (χ0n) is 17.2. The molecule has 0 saturated carbocycles. The van der Waals surface area contributed by atoms with Gasteiger partial charge in [-0.25, -0.2) is 4.98 Å². The number of rotatable bonds is 6. The smallest absolute Gasteiger partial charge is 0.163 e. The monoisotopic (exact) mass is 420 g/mol. The fourth-order valence-electron chi connectivity index (χ4n) is 5.03. The van der Waals surface area contributed by atoms with Crippen LogP contribution in [0.5, 0.6) is 0 Å². The molecule has 0 spiro atoms. The molecule has 2 aliphatic rings. The number of piperidine rings is 1. The van der Waals surface area contributed by atoms with Gasteiger partial charge in [0.1, 0.15) is 0 Å². The number of hydrogen-bond acceptors (Lipinski definition) is 5. The van der Waals surface area contributed by atoms with Crippen molar-refractivity contribution >= 4 is 27.3 Å². The minimum atomic E-state index is 0.231. The predicted octanol–water partition coefficient (Wildman–Crippen LogP) is 4.77. The SMILES string of the molecule is O=C(C[C@H]1CCc2ccccc21)c1ccc2nc(C3CCN(CCO)CC3)sc2c1. The van der Waals surface area contributed by atoms with Crippen molar-refractivity contribution in [2.24, 2.45) is 0 Å².